The maximum absolute atomic E-state index is 12.6. The number of aromatic nitrogens is 2. The Bertz CT molecular complexity index is 740. The van der Waals surface area contributed by atoms with Gasteiger partial charge in [-0.3, -0.25) is 4.79 Å². The van der Waals surface area contributed by atoms with Gasteiger partial charge in [-0.05, 0) is 32.1 Å². The minimum absolute atomic E-state index is 0.0136. The first-order valence-electron chi connectivity index (χ1n) is 9.01. The van der Waals surface area contributed by atoms with Crippen molar-refractivity contribution in [3.05, 3.63) is 11.8 Å². The van der Waals surface area contributed by atoms with Gasteiger partial charge in [0.15, 0.2) is 0 Å². The molecule has 27 heavy (non-hydrogen) atoms. The summed E-state index contributed by atoms with van der Waals surface area (Å²) in [6, 6.07) is 1.90. The Morgan fingerprint density at radius 2 is 2.19 bits per heavy atom. The Hall–Kier alpha value is -2.11. The van der Waals surface area contributed by atoms with Gasteiger partial charge in [0.25, 0.3) is 0 Å². The van der Waals surface area contributed by atoms with Crippen LogP contribution < -0.4 is 15.4 Å². The molecular weight excluding hydrogens is 370 g/mol. The number of alkyl halides is 1. The number of hydrogen-bond donors (Lipinski definition) is 2. The normalized spacial score (nSPS) is 31.2. The maximum Gasteiger partial charge on any atom is 0.236 e. The third kappa shape index (κ3) is 4.09. The van der Waals surface area contributed by atoms with Crippen molar-refractivity contribution in [3.63, 3.8) is 0 Å². The second kappa shape index (κ2) is 8.28. The van der Waals surface area contributed by atoms with Crippen LogP contribution in [0, 0.1) is 23.2 Å². The molecule has 1 aromatic rings. The molecule has 1 aliphatic heterocycles. The predicted octanol–water partition coefficient (Wildman–Crippen LogP) is 1.69. The summed E-state index contributed by atoms with van der Waals surface area (Å²) in [5.41, 5.74) is 0.261. The number of nitrogens with one attached hydrogen (secondary N) is 2. The average Bonchev–Trinajstić information content (AvgIpc) is 2.67. The number of nitrogens with zero attached hydrogens (tertiary/aromatic N) is 3. The third-order valence-electron chi connectivity index (χ3n) is 5.54. The fourth-order valence-electron chi connectivity index (χ4n) is 4.00. The molecule has 3 rings (SSSR count). The molecule has 0 aromatic carbocycles. The topological polar surface area (TPSA) is 109 Å². The Kier molecular flexibility index (Phi) is 6.02. The van der Waals surface area contributed by atoms with Crippen molar-refractivity contribution in [2.24, 2.45) is 11.8 Å². The van der Waals surface area contributed by atoms with E-state index in [0.29, 0.717) is 11.9 Å². The molecule has 0 radical (unpaired) electrons. The number of nitriles is 1. The highest BCUT2D eigenvalue weighted by Gasteiger charge is 2.44. The van der Waals surface area contributed by atoms with E-state index in [4.69, 9.17) is 26.3 Å². The number of carbonyl (C=O) groups excluding carboxylic acids is 1. The van der Waals surface area contributed by atoms with Crippen molar-refractivity contribution in [2.75, 3.05) is 19.5 Å². The summed E-state index contributed by atoms with van der Waals surface area (Å²) in [5, 5.41) is 15.3. The lowest BCUT2D eigenvalue weighted by molar-refractivity contribution is -0.131. The van der Waals surface area contributed by atoms with E-state index in [1.807, 2.05) is 13.0 Å². The molecule has 2 N–H and O–H groups in total. The first-order valence-corrected chi connectivity index (χ1v) is 9.45. The smallest absolute Gasteiger partial charge is 0.236 e. The quantitative estimate of drug-likeness (QED) is 0.732. The van der Waals surface area contributed by atoms with Crippen LogP contribution in [0.25, 0.3) is 0 Å². The van der Waals surface area contributed by atoms with E-state index >= 15 is 0 Å². The molecule has 6 atom stereocenters. The molecule has 1 amide bonds. The van der Waals surface area contributed by atoms with Crippen LogP contribution in [0.3, 0.4) is 0 Å². The van der Waals surface area contributed by atoms with Crippen LogP contribution in [0.2, 0.25) is 0 Å². The van der Waals surface area contributed by atoms with Gasteiger partial charge in [-0.25, -0.2) is 4.98 Å². The van der Waals surface area contributed by atoms with Crippen molar-refractivity contribution in [1.82, 2.24) is 15.3 Å². The summed E-state index contributed by atoms with van der Waals surface area (Å²) >= 11 is 6.44. The van der Waals surface area contributed by atoms with Gasteiger partial charge in [0.1, 0.15) is 11.6 Å². The molecule has 0 spiro atoms. The van der Waals surface area contributed by atoms with E-state index in [-0.39, 0.29) is 46.8 Å². The predicted molar refractivity (Wildman–Crippen MR) is 99.6 cm³/mol. The summed E-state index contributed by atoms with van der Waals surface area (Å²) in [6.07, 6.45) is 3.68. The standard InChI is InChI=1S/C18H24ClN5O3/c1-9(22-18-21-8-11(7-20)17(24-18)27-3)12-4-10-5-13(19)15(26-2)6-14(10)23-16(12)25/h8-10,12-15H,4-6H2,1-3H3,(H,23,25)(H,21,22,24). The number of ether oxygens (including phenoxy) is 2. The molecule has 9 heteroatoms. The van der Waals surface area contributed by atoms with E-state index in [2.05, 4.69) is 20.6 Å². The SMILES string of the molecule is COc1nc(NC(C)C2CC3CC(Cl)C(OC)CC3NC2=O)ncc1C#N. The zero-order chi connectivity index (χ0) is 19.6. The molecular formula is C18H24ClN5O3. The largest absolute Gasteiger partial charge is 0.480 e. The molecule has 2 fully saturated rings. The number of halogens is 1. The first kappa shape index (κ1) is 19.6. The monoisotopic (exact) mass is 393 g/mol. The molecule has 1 aliphatic carbocycles. The summed E-state index contributed by atoms with van der Waals surface area (Å²) < 4.78 is 10.5. The summed E-state index contributed by atoms with van der Waals surface area (Å²) in [4.78, 5) is 21.0. The number of fused-ring (bicyclic) bond motifs is 1. The lowest BCUT2D eigenvalue weighted by Crippen LogP contribution is -2.57. The van der Waals surface area contributed by atoms with Crippen LogP contribution in [0.4, 0.5) is 5.95 Å². The van der Waals surface area contributed by atoms with Crippen LogP contribution in [-0.2, 0) is 9.53 Å². The second-order valence-electron chi connectivity index (χ2n) is 7.14. The molecule has 0 bridgehead atoms. The Morgan fingerprint density at radius 3 is 2.85 bits per heavy atom. The number of piperidine rings is 1. The number of methoxy groups -OCH3 is 2. The molecule has 1 aromatic heterocycles. The van der Waals surface area contributed by atoms with Crippen molar-refractivity contribution in [2.45, 2.75) is 49.8 Å². The number of anilines is 1. The zero-order valence-electron chi connectivity index (χ0n) is 15.6. The number of rotatable bonds is 5. The number of hydrogen-bond acceptors (Lipinski definition) is 7. The fraction of sp³-hybridized carbons (Fsp3) is 0.667. The molecule has 146 valence electrons. The highest BCUT2D eigenvalue weighted by Crippen LogP contribution is 2.38. The zero-order valence-corrected chi connectivity index (χ0v) is 16.4. The third-order valence-corrected chi connectivity index (χ3v) is 6.00. The molecule has 6 unspecified atom stereocenters. The Morgan fingerprint density at radius 1 is 1.41 bits per heavy atom. The Labute approximate surface area is 163 Å². The molecule has 2 heterocycles. The van der Waals surface area contributed by atoms with Crippen molar-refractivity contribution in [1.29, 1.82) is 5.26 Å². The Balaban J connectivity index is 1.68. The van der Waals surface area contributed by atoms with Crippen LogP contribution >= 0.6 is 11.6 Å². The van der Waals surface area contributed by atoms with Gasteiger partial charge in [0, 0.05) is 19.2 Å². The molecule has 1 saturated heterocycles. The van der Waals surface area contributed by atoms with Crippen LogP contribution in [0.15, 0.2) is 6.20 Å². The van der Waals surface area contributed by atoms with Gasteiger partial charge in [-0.2, -0.15) is 10.2 Å². The van der Waals surface area contributed by atoms with Crippen molar-refractivity contribution < 1.29 is 14.3 Å². The fourth-order valence-corrected chi connectivity index (χ4v) is 4.44. The minimum Gasteiger partial charge on any atom is -0.480 e. The van der Waals surface area contributed by atoms with Gasteiger partial charge in [0.2, 0.25) is 17.7 Å². The van der Waals surface area contributed by atoms with Crippen LogP contribution in [0.1, 0.15) is 31.7 Å². The summed E-state index contributed by atoms with van der Waals surface area (Å²) in [7, 11) is 3.11. The van der Waals surface area contributed by atoms with E-state index in [1.54, 1.807) is 7.11 Å². The molecule has 8 nitrogen and oxygen atoms in total. The summed E-state index contributed by atoms with van der Waals surface area (Å²) in [5.74, 6) is 0.645. The van der Waals surface area contributed by atoms with Gasteiger partial charge < -0.3 is 20.1 Å². The second-order valence-corrected chi connectivity index (χ2v) is 7.70. The van der Waals surface area contributed by atoms with Gasteiger partial charge >= 0.3 is 0 Å². The van der Waals surface area contributed by atoms with Gasteiger partial charge in [-0.1, -0.05) is 0 Å². The molecule has 1 saturated carbocycles. The van der Waals surface area contributed by atoms with E-state index in [1.165, 1.54) is 13.3 Å². The number of amides is 1. The van der Waals surface area contributed by atoms with Crippen LogP contribution in [-0.4, -0.2) is 53.7 Å². The summed E-state index contributed by atoms with van der Waals surface area (Å²) in [6.45, 7) is 1.93. The first-order chi connectivity index (χ1) is 13.0. The highest BCUT2D eigenvalue weighted by atomic mass is 35.5. The minimum atomic E-state index is -0.223. The van der Waals surface area contributed by atoms with Gasteiger partial charge in [0.05, 0.1) is 30.7 Å². The van der Waals surface area contributed by atoms with Gasteiger partial charge in [-0.15, -0.1) is 11.6 Å². The van der Waals surface area contributed by atoms with Crippen molar-refractivity contribution >= 4 is 23.5 Å². The van der Waals surface area contributed by atoms with E-state index < -0.39 is 0 Å². The molecule has 2 aliphatic rings. The number of carbonyl (C=O) groups is 1. The highest BCUT2D eigenvalue weighted by molar-refractivity contribution is 6.21. The lowest BCUT2D eigenvalue weighted by atomic mass is 9.73. The van der Waals surface area contributed by atoms with Crippen molar-refractivity contribution in [3.8, 4) is 11.9 Å². The van der Waals surface area contributed by atoms with E-state index in [0.717, 1.165) is 19.3 Å². The van der Waals surface area contributed by atoms with Crippen LogP contribution in [0.5, 0.6) is 5.88 Å². The average molecular weight is 394 g/mol. The van der Waals surface area contributed by atoms with E-state index in [9.17, 15) is 4.79 Å². The maximum atomic E-state index is 12.6. The lowest BCUT2D eigenvalue weighted by Gasteiger charge is -2.44.